The normalized spacial score (nSPS) is 14.6. The summed E-state index contributed by atoms with van der Waals surface area (Å²) < 4.78 is 5.50. The third-order valence-electron chi connectivity index (χ3n) is 1.55. The van der Waals surface area contributed by atoms with Crippen LogP contribution < -0.4 is 5.32 Å². The van der Waals surface area contributed by atoms with Crippen LogP contribution in [0, 0.1) is 0 Å². The number of amides is 1. The van der Waals surface area contributed by atoms with E-state index >= 15 is 0 Å². The summed E-state index contributed by atoms with van der Waals surface area (Å²) in [6, 6.07) is 1.81. The van der Waals surface area contributed by atoms with Crippen molar-refractivity contribution in [3.05, 3.63) is 22.4 Å². The van der Waals surface area contributed by atoms with Crippen molar-refractivity contribution in [2.24, 2.45) is 0 Å². The molecule has 0 atom stereocenters. The largest absolute Gasteiger partial charge is 0.444 e. The summed E-state index contributed by atoms with van der Waals surface area (Å²) in [6.07, 6.45) is 1.17. The Balaban J connectivity index is 2.43. The molecule has 0 unspecified atom stereocenters. The van der Waals surface area contributed by atoms with E-state index in [-0.39, 0.29) is 0 Å². The standard InChI is InChI=1S/C7H5BrN2O2/c8-6-1-4-3-12-7(11)10-5(4)2-9-6/h1-2H,3H2,(H,10,11). The van der Waals surface area contributed by atoms with Crippen LogP contribution in [0.15, 0.2) is 16.9 Å². The van der Waals surface area contributed by atoms with Crippen LogP contribution >= 0.6 is 15.9 Å². The molecule has 2 heterocycles. The smallest absolute Gasteiger partial charge is 0.412 e. The Morgan fingerprint density at radius 2 is 2.50 bits per heavy atom. The van der Waals surface area contributed by atoms with E-state index in [2.05, 4.69) is 26.2 Å². The Hall–Kier alpha value is -1.10. The van der Waals surface area contributed by atoms with Gasteiger partial charge < -0.3 is 4.74 Å². The van der Waals surface area contributed by atoms with Gasteiger partial charge in [0.15, 0.2) is 0 Å². The summed E-state index contributed by atoms with van der Waals surface area (Å²) in [6.45, 7) is 0.308. The van der Waals surface area contributed by atoms with Crippen molar-refractivity contribution in [1.82, 2.24) is 4.98 Å². The van der Waals surface area contributed by atoms with E-state index in [9.17, 15) is 4.79 Å². The summed E-state index contributed by atoms with van der Waals surface area (Å²) >= 11 is 3.23. The molecule has 0 radical (unpaired) electrons. The second-order valence-electron chi connectivity index (χ2n) is 2.37. The highest BCUT2D eigenvalue weighted by Crippen LogP contribution is 2.22. The van der Waals surface area contributed by atoms with Gasteiger partial charge in [-0.05, 0) is 22.0 Å². The number of hydrogen-bond acceptors (Lipinski definition) is 3. The monoisotopic (exact) mass is 228 g/mol. The van der Waals surface area contributed by atoms with Gasteiger partial charge in [-0.2, -0.15) is 0 Å². The predicted molar refractivity (Wildman–Crippen MR) is 45.7 cm³/mol. The number of carbonyl (C=O) groups is 1. The highest BCUT2D eigenvalue weighted by atomic mass is 79.9. The summed E-state index contributed by atoms with van der Waals surface area (Å²) in [5.41, 5.74) is 1.64. The second-order valence-corrected chi connectivity index (χ2v) is 3.18. The first-order valence-electron chi connectivity index (χ1n) is 3.34. The molecule has 0 aromatic carbocycles. The quantitative estimate of drug-likeness (QED) is 0.691. The Kier molecular flexibility index (Phi) is 1.73. The lowest BCUT2D eigenvalue weighted by atomic mass is 10.2. The fourth-order valence-corrected chi connectivity index (χ4v) is 1.37. The van der Waals surface area contributed by atoms with Crippen LogP contribution in [-0.2, 0) is 11.3 Å². The minimum atomic E-state index is -0.424. The van der Waals surface area contributed by atoms with Crippen LogP contribution in [0.25, 0.3) is 0 Å². The molecule has 0 spiro atoms. The molecule has 0 saturated carbocycles. The number of ether oxygens (including phenoxy) is 1. The molecule has 1 aromatic rings. The lowest BCUT2D eigenvalue weighted by Gasteiger charge is -2.16. The maximum absolute atomic E-state index is 10.7. The van der Waals surface area contributed by atoms with E-state index in [1.165, 1.54) is 0 Å². The Morgan fingerprint density at radius 3 is 3.33 bits per heavy atom. The SMILES string of the molecule is O=C1Nc2cnc(Br)cc2CO1. The fourth-order valence-electron chi connectivity index (χ4n) is 0.989. The van der Waals surface area contributed by atoms with Crippen LogP contribution in [0.4, 0.5) is 10.5 Å². The number of rotatable bonds is 0. The van der Waals surface area contributed by atoms with Crippen molar-refractivity contribution >= 4 is 27.7 Å². The predicted octanol–water partition coefficient (Wildman–Crippen LogP) is 1.91. The van der Waals surface area contributed by atoms with Crippen molar-refractivity contribution in [2.75, 3.05) is 5.32 Å². The zero-order valence-corrected chi connectivity index (χ0v) is 7.59. The minimum absolute atomic E-state index is 0.308. The van der Waals surface area contributed by atoms with E-state index < -0.39 is 6.09 Å². The first kappa shape index (κ1) is 7.54. The van der Waals surface area contributed by atoms with E-state index in [4.69, 9.17) is 4.74 Å². The molecule has 1 aliphatic rings. The maximum Gasteiger partial charge on any atom is 0.412 e. The number of anilines is 1. The number of nitrogens with one attached hydrogen (secondary N) is 1. The number of halogens is 1. The zero-order valence-electron chi connectivity index (χ0n) is 6.00. The molecule has 2 rings (SSSR count). The van der Waals surface area contributed by atoms with Gasteiger partial charge in [-0.25, -0.2) is 9.78 Å². The highest BCUT2D eigenvalue weighted by molar-refractivity contribution is 9.10. The van der Waals surface area contributed by atoms with Crippen LogP contribution in [0.1, 0.15) is 5.56 Å². The second kappa shape index (κ2) is 2.75. The number of carbonyl (C=O) groups excluding carboxylic acids is 1. The van der Waals surface area contributed by atoms with E-state index in [1.54, 1.807) is 6.20 Å². The summed E-state index contributed by atoms with van der Waals surface area (Å²) in [5, 5.41) is 2.54. The van der Waals surface area contributed by atoms with Crippen molar-refractivity contribution < 1.29 is 9.53 Å². The number of hydrogen-bond donors (Lipinski definition) is 1. The third kappa shape index (κ3) is 1.27. The van der Waals surface area contributed by atoms with Gasteiger partial charge >= 0.3 is 6.09 Å². The van der Waals surface area contributed by atoms with Crippen molar-refractivity contribution in [1.29, 1.82) is 0 Å². The van der Waals surface area contributed by atoms with Gasteiger partial charge in [-0.15, -0.1) is 0 Å². The summed E-state index contributed by atoms with van der Waals surface area (Å²) in [5.74, 6) is 0. The number of cyclic esters (lactones) is 1. The van der Waals surface area contributed by atoms with Crippen molar-refractivity contribution in [3.63, 3.8) is 0 Å². The molecule has 0 saturated heterocycles. The lowest BCUT2D eigenvalue weighted by Crippen LogP contribution is -2.20. The Morgan fingerprint density at radius 1 is 1.67 bits per heavy atom. The molecule has 62 valence electrons. The average Bonchev–Trinajstić information content (AvgIpc) is 2.05. The van der Waals surface area contributed by atoms with Gasteiger partial charge in [-0.1, -0.05) is 0 Å². The van der Waals surface area contributed by atoms with Gasteiger partial charge in [0.1, 0.15) is 11.2 Å². The summed E-state index contributed by atoms with van der Waals surface area (Å²) in [7, 11) is 0. The number of aromatic nitrogens is 1. The molecule has 5 heteroatoms. The van der Waals surface area contributed by atoms with Gasteiger partial charge in [0.2, 0.25) is 0 Å². The molecular formula is C7H5BrN2O2. The molecule has 1 N–H and O–H groups in total. The Bertz CT molecular complexity index is 340. The van der Waals surface area contributed by atoms with E-state index in [1.807, 2.05) is 6.07 Å². The van der Waals surface area contributed by atoms with Crippen LogP contribution in [-0.4, -0.2) is 11.1 Å². The van der Waals surface area contributed by atoms with Crippen LogP contribution in [0.2, 0.25) is 0 Å². The van der Waals surface area contributed by atoms with Crippen LogP contribution in [0.5, 0.6) is 0 Å². The zero-order chi connectivity index (χ0) is 8.55. The number of nitrogens with zero attached hydrogens (tertiary/aromatic N) is 1. The molecule has 0 aliphatic carbocycles. The molecule has 0 bridgehead atoms. The molecule has 1 aliphatic heterocycles. The molecule has 1 amide bonds. The van der Waals surface area contributed by atoms with Gasteiger partial charge in [-0.3, -0.25) is 5.32 Å². The molecule has 1 aromatic heterocycles. The first-order chi connectivity index (χ1) is 5.75. The molecule has 12 heavy (non-hydrogen) atoms. The molecule has 4 nitrogen and oxygen atoms in total. The lowest BCUT2D eigenvalue weighted by molar-refractivity contribution is 0.151. The van der Waals surface area contributed by atoms with Gasteiger partial charge in [0.05, 0.1) is 11.9 Å². The van der Waals surface area contributed by atoms with Crippen molar-refractivity contribution in [3.8, 4) is 0 Å². The van der Waals surface area contributed by atoms with E-state index in [0.717, 1.165) is 15.9 Å². The Labute approximate surface area is 77.1 Å². The molecular weight excluding hydrogens is 224 g/mol. The maximum atomic E-state index is 10.7. The number of fused-ring (bicyclic) bond motifs is 1. The first-order valence-corrected chi connectivity index (χ1v) is 4.13. The third-order valence-corrected chi connectivity index (χ3v) is 1.99. The fraction of sp³-hybridized carbons (Fsp3) is 0.143. The number of pyridine rings is 1. The highest BCUT2D eigenvalue weighted by Gasteiger charge is 2.15. The van der Waals surface area contributed by atoms with Gasteiger partial charge in [0, 0.05) is 5.56 Å². The van der Waals surface area contributed by atoms with Crippen LogP contribution in [0.3, 0.4) is 0 Å². The van der Waals surface area contributed by atoms with Gasteiger partial charge in [0.25, 0.3) is 0 Å². The average molecular weight is 229 g/mol. The molecule has 0 fully saturated rings. The van der Waals surface area contributed by atoms with Crippen molar-refractivity contribution in [2.45, 2.75) is 6.61 Å². The minimum Gasteiger partial charge on any atom is -0.444 e. The van der Waals surface area contributed by atoms with E-state index in [0.29, 0.717) is 6.61 Å². The topological polar surface area (TPSA) is 51.2 Å². The summed E-state index contributed by atoms with van der Waals surface area (Å²) in [4.78, 5) is 14.7.